The summed E-state index contributed by atoms with van der Waals surface area (Å²) in [4.78, 5) is 36.9. The topological polar surface area (TPSA) is 114 Å². The van der Waals surface area contributed by atoms with E-state index in [1.807, 2.05) is 48.5 Å². The Bertz CT molecular complexity index is 826. The third-order valence-corrected chi connectivity index (χ3v) is 4.34. The first-order chi connectivity index (χ1) is 14.4. The van der Waals surface area contributed by atoms with Gasteiger partial charge in [-0.1, -0.05) is 60.7 Å². The Morgan fingerprint density at radius 2 is 1.50 bits per heavy atom. The van der Waals surface area contributed by atoms with Crippen LogP contribution in [-0.2, 0) is 32.1 Å². The fourth-order valence-corrected chi connectivity index (χ4v) is 2.74. The summed E-state index contributed by atoms with van der Waals surface area (Å²) in [5.41, 5.74) is 1.59. The predicted octanol–water partition coefficient (Wildman–Crippen LogP) is 1.56. The number of methoxy groups -OCH3 is 1. The first-order valence-electron chi connectivity index (χ1n) is 9.48. The van der Waals surface area contributed by atoms with Crippen LogP contribution in [0.1, 0.15) is 18.1 Å². The molecule has 0 spiro atoms. The van der Waals surface area contributed by atoms with Gasteiger partial charge >= 0.3 is 12.1 Å². The highest BCUT2D eigenvalue weighted by atomic mass is 16.5. The molecule has 0 heterocycles. The van der Waals surface area contributed by atoms with Crippen LogP contribution in [0.25, 0.3) is 0 Å². The lowest BCUT2D eigenvalue weighted by molar-refractivity contribution is -0.145. The second-order valence-electron chi connectivity index (χ2n) is 6.70. The third-order valence-electron chi connectivity index (χ3n) is 4.34. The number of carbonyl (C=O) groups is 3. The van der Waals surface area contributed by atoms with Gasteiger partial charge in [0.15, 0.2) is 0 Å². The second-order valence-corrected chi connectivity index (χ2v) is 6.70. The molecule has 160 valence electrons. The van der Waals surface area contributed by atoms with Gasteiger partial charge in [-0.15, -0.1) is 0 Å². The molecule has 2 amide bonds. The minimum Gasteiger partial charge on any atom is -0.467 e. The number of carbonyl (C=O) groups excluding carboxylic acids is 3. The SMILES string of the molecule is COC(=O)[C@H](Cc1ccccc1)NC(=O)[C@H](NC(=O)OCc1ccccc1)[C@H](C)O. The van der Waals surface area contributed by atoms with E-state index in [2.05, 4.69) is 10.6 Å². The van der Waals surface area contributed by atoms with Crippen molar-refractivity contribution in [2.75, 3.05) is 7.11 Å². The van der Waals surface area contributed by atoms with Gasteiger partial charge in [0.25, 0.3) is 0 Å². The zero-order valence-electron chi connectivity index (χ0n) is 16.9. The van der Waals surface area contributed by atoms with Gasteiger partial charge in [-0.05, 0) is 18.1 Å². The van der Waals surface area contributed by atoms with E-state index in [9.17, 15) is 19.5 Å². The maximum absolute atomic E-state index is 12.7. The number of nitrogens with one attached hydrogen (secondary N) is 2. The number of benzene rings is 2. The molecule has 3 N–H and O–H groups in total. The van der Waals surface area contributed by atoms with Crippen LogP contribution >= 0.6 is 0 Å². The second kappa shape index (κ2) is 11.6. The van der Waals surface area contributed by atoms with Crippen LogP contribution in [0.4, 0.5) is 4.79 Å². The number of aliphatic hydroxyl groups is 1. The average molecular weight is 414 g/mol. The Morgan fingerprint density at radius 3 is 2.03 bits per heavy atom. The monoisotopic (exact) mass is 414 g/mol. The van der Waals surface area contributed by atoms with Crippen molar-refractivity contribution in [3.63, 3.8) is 0 Å². The molecule has 2 rings (SSSR count). The van der Waals surface area contributed by atoms with Gasteiger partial charge in [-0.25, -0.2) is 9.59 Å². The summed E-state index contributed by atoms with van der Waals surface area (Å²) in [6, 6.07) is 15.8. The summed E-state index contributed by atoms with van der Waals surface area (Å²) in [5, 5.41) is 14.8. The molecule has 0 aliphatic rings. The minimum absolute atomic E-state index is 0.0135. The van der Waals surface area contributed by atoms with E-state index >= 15 is 0 Å². The van der Waals surface area contributed by atoms with Crippen LogP contribution < -0.4 is 10.6 Å². The summed E-state index contributed by atoms with van der Waals surface area (Å²) in [5.74, 6) is -1.36. The molecule has 0 unspecified atom stereocenters. The number of esters is 1. The van der Waals surface area contributed by atoms with Crippen molar-refractivity contribution in [3.8, 4) is 0 Å². The standard InChI is InChI=1S/C22H26N2O6/c1-15(25)19(24-22(28)30-14-17-11-7-4-8-12-17)20(26)23-18(21(27)29-2)13-16-9-5-3-6-10-16/h3-12,15,18-19,25H,13-14H2,1-2H3,(H,23,26)(H,24,28)/t15-,18-,19+/m0/s1. The molecule has 0 aliphatic heterocycles. The molecule has 8 nitrogen and oxygen atoms in total. The summed E-state index contributed by atoms with van der Waals surface area (Å²) >= 11 is 0. The molecule has 0 radical (unpaired) electrons. The Hall–Kier alpha value is -3.39. The van der Waals surface area contributed by atoms with Gasteiger partial charge in [0.2, 0.25) is 5.91 Å². The lowest BCUT2D eigenvalue weighted by Gasteiger charge is -2.23. The van der Waals surface area contributed by atoms with E-state index in [4.69, 9.17) is 9.47 Å². The van der Waals surface area contributed by atoms with Crippen molar-refractivity contribution in [2.24, 2.45) is 0 Å². The van der Waals surface area contributed by atoms with Gasteiger partial charge in [0.1, 0.15) is 18.7 Å². The lowest BCUT2D eigenvalue weighted by atomic mass is 10.0. The Balaban J connectivity index is 1.99. The number of hydrogen-bond donors (Lipinski definition) is 3. The van der Waals surface area contributed by atoms with E-state index in [0.29, 0.717) is 0 Å². The molecule has 0 saturated heterocycles. The summed E-state index contributed by atoms with van der Waals surface area (Å²) in [7, 11) is 1.22. The molecule has 0 fully saturated rings. The highest BCUT2D eigenvalue weighted by Crippen LogP contribution is 2.06. The summed E-state index contributed by atoms with van der Waals surface area (Å²) in [6.45, 7) is 1.37. The van der Waals surface area contributed by atoms with Crippen LogP contribution in [0.15, 0.2) is 60.7 Å². The Labute approximate surface area is 175 Å². The van der Waals surface area contributed by atoms with Crippen molar-refractivity contribution >= 4 is 18.0 Å². The minimum atomic E-state index is -1.31. The van der Waals surface area contributed by atoms with Gasteiger partial charge in [-0.2, -0.15) is 0 Å². The van der Waals surface area contributed by atoms with Gasteiger partial charge in [0.05, 0.1) is 13.2 Å². The quantitative estimate of drug-likeness (QED) is 0.537. The molecule has 0 aliphatic carbocycles. The number of aliphatic hydroxyl groups excluding tert-OH is 1. The highest BCUT2D eigenvalue weighted by Gasteiger charge is 2.30. The number of ether oxygens (including phenoxy) is 2. The molecule has 0 bridgehead atoms. The zero-order valence-corrected chi connectivity index (χ0v) is 16.9. The zero-order chi connectivity index (χ0) is 21.9. The molecule has 0 aromatic heterocycles. The number of amides is 2. The lowest BCUT2D eigenvalue weighted by Crippen LogP contribution is -2.56. The normalized spacial score (nSPS) is 13.4. The van der Waals surface area contributed by atoms with Gasteiger partial charge < -0.3 is 25.2 Å². The van der Waals surface area contributed by atoms with Crippen LogP contribution in [-0.4, -0.2) is 48.4 Å². The van der Waals surface area contributed by atoms with Crippen LogP contribution in [0.5, 0.6) is 0 Å². The average Bonchev–Trinajstić information content (AvgIpc) is 2.76. The highest BCUT2D eigenvalue weighted by molar-refractivity contribution is 5.90. The van der Waals surface area contributed by atoms with Gasteiger partial charge in [-0.3, -0.25) is 4.79 Å². The summed E-state index contributed by atoms with van der Waals surface area (Å²) in [6.07, 6.45) is -1.88. The molecule has 30 heavy (non-hydrogen) atoms. The summed E-state index contributed by atoms with van der Waals surface area (Å²) < 4.78 is 9.86. The fourth-order valence-electron chi connectivity index (χ4n) is 2.74. The van der Waals surface area contributed by atoms with Crippen LogP contribution in [0.3, 0.4) is 0 Å². The first kappa shape index (κ1) is 22.9. The third kappa shape index (κ3) is 7.21. The van der Waals surface area contributed by atoms with Crippen molar-refractivity contribution in [2.45, 2.75) is 38.1 Å². The maximum Gasteiger partial charge on any atom is 0.408 e. The smallest absolute Gasteiger partial charge is 0.408 e. The molecule has 2 aromatic rings. The predicted molar refractivity (Wildman–Crippen MR) is 109 cm³/mol. The fraction of sp³-hybridized carbons (Fsp3) is 0.318. The first-order valence-corrected chi connectivity index (χ1v) is 9.48. The van der Waals surface area contributed by atoms with E-state index in [-0.39, 0.29) is 13.0 Å². The van der Waals surface area contributed by atoms with E-state index < -0.39 is 36.2 Å². The Morgan fingerprint density at radius 1 is 0.933 bits per heavy atom. The van der Waals surface area contributed by atoms with Gasteiger partial charge in [0, 0.05) is 6.42 Å². The van der Waals surface area contributed by atoms with Crippen molar-refractivity contribution in [3.05, 3.63) is 71.8 Å². The Kier molecular flexibility index (Phi) is 8.83. The number of rotatable bonds is 9. The molecule has 3 atom stereocenters. The van der Waals surface area contributed by atoms with E-state index in [1.54, 1.807) is 12.1 Å². The number of alkyl carbamates (subject to hydrolysis) is 1. The molecule has 0 saturated carbocycles. The molecular formula is C22H26N2O6. The van der Waals surface area contributed by atoms with Crippen LogP contribution in [0, 0.1) is 0 Å². The van der Waals surface area contributed by atoms with Crippen molar-refractivity contribution < 1.29 is 29.0 Å². The van der Waals surface area contributed by atoms with E-state index in [1.165, 1.54) is 14.0 Å². The van der Waals surface area contributed by atoms with Crippen LogP contribution in [0.2, 0.25) is 0 Å². The van der Waals surface area contributed by atoms with Crippen molar-refractivity contribution in [1.82, 2.24) is 10.6 Å². The molecular weight excluding hydrogens is 388 g/mol. The van der Waals surface area contributed by atoms with E-state index in [0.717, 1.165) is 11.1 Å². The molecule has 8 heteroatoms. The molecule has 2 aromatic carbocycles. The largest absolute Gasteiger partial charge is 0.467 e. The maximum atomic E-state index is 12.7. The van der Waals surface area contributed by atoms with Crippen molar-refractivity contribution in [1.29, 1.82) is 0 Å². The number of hydrogen-bond acceptors (Lipinski definition) is 6.